The summed E-state index contributed by atoms with van der Waals surface area (Å²) in [5, 5.41) is 4.21. The van der Waals surface area contributed by atoms with E-state index in [0.717, 1.165) is 10.8 Å². The van der Waals surface area contributed by atoms with E-state index < -0.39 is 0 Å². The molecule has 1 aromatic rings. The number of nitrogens with zero attached hydrogens (tertiary/aromatic N) is 1. The zero-order valence-corrected chi connectivity index (χ0v) is 13.0. The molecule has 0 unspecified atom stereocenters. The highest BCUT2D eigenvalue weighted by atomic mass is 32.1. The summed E-state index contributed by atoms with van der Waals surface area (Å²) in [6, 6.07) is 7.01. The highest BCUT2D eigenvalue weighted by molar-refractivity contribution is 7.80. The molecule has 0 radical (unpaired) electrons. The van der Waals surface area contributed by atoms with Gasteiger partial charge in [0, 0.05) is 18.8 Å². The monoisotopic (exact) mass is 276 g/mol. The van der Waals surface area contributed by atoms with Gasteiger partial charge in [-0.05, 0) is 62.2 Å². The van der Waals surface area contributed by atoms with Crippen LogP contribution in [-0.4, -0.2) is 23.1 Å². The number of anilines is 1. The molecule has 0 aliphatic heterocycles. The fourth-order valence-corrected chi connectivity index (χ4v) is 2.93. The third kappa shape index (κ3) is 3.69. The van der Waals surface area contributed by atoms with Crippen LogP contribution in [0.2, 0.25) is 0 Å². The summed E-state index contributed by atoms with van der Waals surface area (Å²) in [4.78, 5) is 2.24. The van der Waals surface area contributed by atoms with E-state index in [9.17, 15) is 0 Å². The van der Waals surface area contributed by atoms with Crippen LogP contribution < -0.4 is 5.32 Å². The minimum atomic E-state index is 0.611. The second-order valence-electron chi connectivity index (χ2n) is 5.63. The summed E-state index contributed by atoms with van der Waals surface area (Å²) in [5.74, 6) is 0. The lowest BCUT2D eigenvalue weighted by molar-refractivity contribution is 0.281. The van der Waals surface area contributed by atoms with Crippen LogP contribution in [0.15, 0.2) is 18.2 Å². The zero-order valence-electron chi connectivity index (χ0n) is 12.2. The highest BCUT2D eigenvalue weighted by Gasteiger charge is 2.19. The summed E-state index contributed by atoms with van der Waals surface area (Å²) in [6.07, 6.45) is 6.58. The first-order chi connectivity index (χ1) is 9.08. The van der Waals surface area contributed by atoms with Crippen LogP contribution >= 0.6 is 12.2 Å². The van der Waals surface area contributed by atoms with Crippen molar-refractivity contribution in [3.05, 3.63) is 29.3 Å². The molecule has 0 amide bonds. The fourth-order valence-electron chi connectivity index (χ4n) is 2.66. The standard InChI is InChI=1S/C16H24N2S/c1-12-9-10-14(11-13(12)2)17-16(19)18(3)15-7-5-4-6-8-15/h9-11,15H,4-8H2,1-3H3,(H,17,19). The summed E-state index contributed by atoms with van der Waals surface area (Å²) in [6.45, 7) is 4.26. The topological polar surface area (TPSA) is 15.3 Å². The molecule has 2 nitrogen and oxygen atoms in total. The van der Waals surface area contributed by atoms with Gasteiger partial charge in [-0.15, -0.1) is 0 Å². The largest absolute Gasteiger partial charge is 0.349 e. The number of rotatable bonds is 2. The minimum absolute atomic E-state index is 0.611. The van der Waals surface area contributed by atoms with E-state index in [1.807, 2.05) is 0 Å². The molecule has 0 saturated heterocycles. The van der Waals surface area contributed by atoms with Crippen molar-refractivity contribution in [1.82, 2.24) is 4.90 Å². The van der Waals surface area contributed by atoms with Crippen LogP contribution in [0.4, 0.5) is 5.69 Å². The molecule has 1 aliphatic carbocycles. The molecule has 2 rings (SSSR count). The SMILES string of the molecule is Cc1ccc(NC(=S)N(C)C2CCCCC2)cc1C. The van der Waals surface area contributed by atoms with Gasteiger partial charge in [-0.2, -0.15) is 0 Å². The van der Waals surface area contributed by atoms with Crippen molar-refractivity contribution in [3.8, 4) is 0 Å². The number of thiocarbonyl (C=S) groups is 1. The van der Waals surface area contributed by atoms with Crippen LogP contribution in [0.3, 0.4) is 0 Å². The van der Waals surface area contributed by atoms with Crippen molar-refractivity contribution in [1.29, 1.82) is 0 Å². The first kappa shape index (κ1) is 14.3. The lowest BCUT2D eigenvalue weighted by Crippen LogP contribution is -2.40. The second kappa shape index (κ2) is 6.38. The van der Waals surface area contributed by atoms with Gasteiger partial charge in [0.25, 0.3) is 0 Å². The maximum Gasteiger partial charge on any atom is 0.173 e. The van der Waals surface area contributed by atoms with Gasteiger partial charge in [-0.25, -0.2) is 0 Å². The number of hydrogen-bond donors (Lipinski definition) is 1. The Hall–Kier alpha value is -1.09. The van der Waals surface area contributed by atoms with Gasteiger partial charge >= 0.3 is 0 Å². The highest BCUT2D eigenvalue weighted by Crippen LogP contribution is 2.22. The Labute approximate surface area is 122 Å². The minimum Gasteiger partial charge on any atom is -0.349 e. The summed E-state index contributed by atoms with van der Waals surface area (Å²) >= 11 is 5.53. The number of hydrogen-bond acceptors (Lipinski definition) is 1. The van der Waals surface area contributed by atoms with E-state index in [2.05, 4.69) is 49.3 Å². The second-order valence-corrected chi connectivity index (χ2v) is 6.02. The maximum absolute atomic E-state index is 5.53. The van der Waals surface area contributed by atoms with Gasteiger partial charge in [0.2, 0.25) is 0 Å². The number of nitrogens with one attached hydrogen (secondary N) is 1. The van der Waals surface area contributed by atoms with Crippen LogP contribution in [0, 0.1) is 13.8 Å². The molecule has 1 aliphatic rings. The predicted molar refractivity (Wildman–Crippen MR) is 86.8 cm³/mol. The number of aryl methyl sites for hydroxylation is 2. The van der Waals surface area contributed by atoms with E-state index in [1.54, 1.807) is 0 Å². The lowest BCUT2D eigenvalue weighted by Gasteiger charge is -2.33. The first-order valence-corrected chi connectivity index (χ1v) is 7.60. The van der Waals surface area contributed by atoms with Crippen molar-refractivity contribution in [3.63, 3.8) is 0 Å². The Bertz CT molecular complexity index is 450. The molecular formula is C16H24N2S. The maximum atomic E-state index is 5.53. The molecule has 0 aromatic heterocycles. The Morgan fingerprint density at radius 3 is 2.47 bits per heavy atom. The van der Waals surface area contributed by atoms with E-state index >= 15 is 0 Å². The molecule has 0 atom stereocenters. The van der Waals surface area contributed by atoms with Crippen molar-refractivity contribution in [2.75, 3.05) is 12.4 Å². The lowest BCUT2D eigenvalue weighted by atomic mass is 9.95. The van der Waals surface area contributed by atoms with E-state index in [1.165, 1.54) is 43.2 Å². The van der Waals surface area contributed by atoms with Crippen molar-refractivity contribution in [2.24, 2.45) is 0 Å². The van der Waals surface area contributed by atoms with Crippen molar-refractivity contribution >= 4 is 23.0 Å². The normalized spacial score (nSPS) is 16.2. The Balaban J connectivity index is 1.97. The van der Waals surface area contributed by atoms with Crippen LogP contribution in [0.1, 0.15) is 43.2 Å². The van der Waals surface area contributed by atoms with Gasteiger partial charge in [0.15, 0.2) is 5.11 Å². The first-order valence-electron chi connectivity index (χ1n) is 7.19. The molecule has 0 bridgehead atoms. The van der Waals surface area contributed by atoms with Gasteiger partial charge < -0.3 is 10.2 Å². The van der Waals surface area contributed by atoms with Gasteiger partial charge in [0.1, 0.15) is 0 Å². The molecule has 3 heteroatoms. The van der Waals surface area contributed by atoms with Crippen LogP contribution in [0.5, 0.6) is 0 Å². The molecule has 1 N–H and O–H groups in total. The van der Waals surface area contributed by atoms with Gasteiger partial charge in [-0.3, -0.25) is 0 Å². The summed E-state index contributed by atoms with van der Waals surface area (Å²) < 4.78 is 0. The van der Waals surface area contributed by atoms with Crippen molar-refractivity contribution in [2.45, 2.75) is 52.0 Å². The molecule has 104 valence electrons. The molecule has 0 heterocycles. The molecule has 19 heavy (non-hydrogen) atoms. The Kier molecular flexibility index (Phi) is 4.81. The Morgan fingerprint density at radius 1 is 1.16 bits per heavy atom. The molecule has 1 fully saturated rings. The molecule has 0 spiro atoms. The summed E-state index contributed by atoms with van der Waals surface area (Å²) in [5.41, 5.74) is 3.71. The van der Waals surface area contributed by atoms with E-state index in [4.69, 9.17) is 12.2 Å². The third-order valence-corrected chi connectivity index (χ3v) is 4.59. The molecule has 1 saturated carbocycles. The van der Waals surface area contributed by atoms with Gasteiger partial charge in [0.05, 0.1) is 0 Å². The third-order valence-electron chi connectivity index (χ3n) is 4.20. The zero-order chi connectivity index (χ0) is 13.8. The average molecular weight is 276 g/mol. The summed E-state index contributed by atoms with van der Waals surface area (Å²) in [7, 11) is 2.12. The Morgan fingerprint density at radius 2 is 1.84 bits per heavy atom. The van der Waals surface area contributed by atoms with Crippen LogP contribution in [-0.2, 0) is 0 Å². The fraction of sp³-hybridized carbons (Fsp3) is 0.562. The van der Waals surface area contributed by atoms with Crippen molar-refractivity contribution < 1.29 is 0 Å². The molecule has 1 aromatic carbocycles. The molecular weight excluding hydrogens is 252 g/mol. The van der Waals surface area contributed by atoms with Gasteiger partial charge in [-0.1, -0.05) is 25.3 Å². The average Bonchev–Trinajstić information content (AvgIpc) is 2.43. The number of benzene rings is 1. The quantitative estimate of drug-likeness (QED) is 0.812. The predicted octanol–water partition coefficient (Wildman–Crippen LogP) is 4.26. The van der Waals surface area contributed by atoms with E-state index in [0.29, 0.717) is 6.04 Å². The van der Waals surface area contributed by atoms with E-state index in [-0.39, 0.29) is 0 Å². The van der Waals surface area contributed by atoms with Crippen LogP contribution in [0.25, 0.3) is 0 Å². The smallest absolute Gasteiger partial charge is 0.173 e.